The van der Waals surface area contributed by atoms with Gasteiger partial charge in [0.05, 0.1) is 47.1 Å². The first-order valence-corrected chi connectivity index (χ1v) is 18.1. The summed E-state index contributed by atoms with van der Waals surface area (Å²) >= 11 is 6.29. The van der Waals surface area contributed by atoms with Crippen molar-refractivity contribution in [3.63, 3.8) is 0 Å². The molecule has 0 aliphatic carbocycles. The number of likely N-dealkylation sites (N-methyl/N-ethyl adjacent to an activating group) is 1. The molecule has 4 rings (SSSR count). The number of aromatic amines is 1. The summed E-state index contributed by atoms with van der Waals surface area (Å²) in [6.45, 7) is 7.47. The van der Waals surface area contributed by atoms with Gasteiger partial charge in [-0.15, -0.1) is 0 Å². The van der Waals surface area contributed by atoms with Gasteiger partial charge in [0, 0.05) is 38.3 Å². The molecule has 0 saturated carbocycles. The van der Waals surface area contributed by atoms with Crippen molar-refractivity contribution in [2.45, 2.75) is 13.5 Å². The van der Waals surface area contributed by atoms with Crippen LogP contribution in [0.25, 0.3) is 22.3 Å². The van der Waals surface area contributed by atoms with E-state index in [9.17, 15) is 35.2 Å². The van der Waals surface area contributed by atoms with E-state index in [0.717, 1.165) is 32.7 Å². The van der Waals surface area contributed by atoms with Crippen LogP contribution in [0, 0.1) is 6.92 Å². The lowest BCUT2D eigenvalue weighted by molar-refractivity contribution is 0.149. The first-order valence-electron chi connectivity index (χ1n) is 12.2. The summed E-state index contributed by atoms with van der Waals surface area (Å²) in [5.41, 5.74) is 1.71. The van der Waals surface area contributed by atoms with Crippen LogP contribution in [0.1, 0.15) is 5.69 Å². The summed E-state index contributed by atoms with van der Waals surface area (Å²) in [5, 5.41) is 16.0. The van der Waals surface area contributed by atoms with Crippen molar-refractivity contribution in [3.05, 3.63) is 45.2 Å². The molecule has 0 radical (unpaired) electrons. The fraction of sp³-hybridized carbons (Fsp3) is 0.478. The number of aromatic nitrogens is 3. The number of hydrogen-bond acceptors (Lipinski definition) is 11. The van der Waals surface area contributed by atoms with E-state index in [1.54, 1.807) is 19.1 Å². The Hall–Kier alpha value is -2.62. The molecule has 20 heteroatoms. The number of fused-ring (bicyclic) bond motifs is 1. The third kappa shape index (κ3) is 15.6. The largest absolute Gasteiger partial charge is 0.503 e. The predicted octanol–water partition coefficient (Wildman–Crippen LogP) is 0.818. The summed E-state index contributed by atoms with van der Waals surface area (Å²) in [6.07, 6.45) is 2.15. The molecule has 5 N–H and O–H groups in total. The number of nitrogens with one attached hydrogen (secondary N) is 1. The monoisotopic (exact) mass is 689 g/mol. The number of pyridine rings is 1. The van der Waals surface area contributed by atoms with Crippen LogP contribution in [0.5, 0.6) is 5.75 Å². The molecule has 0 bridgehead atoms. The molecule has 0 atom stereocenters. The molecule has 1 aliphatic rings. The van der Waals surface area contributed by atoms with E-state index in [1.165, 1.54) is 0 Å². The summed E-state index contributed by atoms with van der Waals surface area (Å²) in [7, 11) is -8.87. The lowest BCUT2D eigenvalue weighted by Gasteiger charge is -2.32. The molecule has 3 aromatic rings. The zero-order valence-electron chi connectivity index (χ0n) is 24.1. The van der Waals surface area contributed by atoms with Crippen molar-refractivity contribution in [2.75, 3.05) is 58.5 Å². The number of piperazine rings is 1. The van der Waals surface area contributed by atoms with Crippen molar-refractivity contribution in [3.8, 4) is 17.0 Å². The standard InChI is InChI=1S/C20H24ClN5O2.3CH4O3S/c1-13-16-18(27)19(28)17(14-5-3-4-6-15(14)21)22-20(16)26(23-13)12-11-25-9-7-24(2)8-10-25;3*1-5(2,3)4/h3-6,28H,7-12H2,1-2H3,(H,22,27);3*1H3,(H,2,3,4). The van der Waals surface area contributed by atoms with E-state index >= 15 is 0 Å². The molecular weight excluding hydrogens is 654 g/mol. The van der Waals surface area contributed by atoms with Gasteiger partial charge in [0.15, 0.2) is 5.75 Å². The maximum Gasteiger partial charge on any atom is 0.261 e. The van der Waals surface area contributed by atoms with Gasteiger partial charge in [0.2, 0.25) is 5.43 Å². The van der Waals surface area contributed by atoms with Crippen LogP contribution in [0.4, 0.5) is 0 Å². The second-order valence-corrected chi connectivity index (χ2v) is 14.3. The second-order valence-electron chi connectivity index (χ2n) is 9.53. The van der Waals surface area contributed by atoms with Crippen molar-refractivity contribution in [2.24, 2.45) is 0 Å². The van der Waals surface area contributed by atoms with Crippen molar-refractivity contribution >= 4 is 53.0 Å². The van der Waals surface area contributed by atoms with Gasteiger partial charge in [-0.3, -0.25) is 23.4 Å². The van der Waals surface area contributed by atoms with Gasteiger partial charge in [-0.1, -0.05) is 29.8 Å². The van der Waals surface area contributed by atoms with E-state index in [4.69, 9.17) is 25.3 Å². The number of benzene rings is 1. The van der Waals surface area contributed by atoms with Crippen LogP contribution >= 0.6 is 11.6 Å². The molecule has 0 spiro atoms. The summed E-state index contributed by atoms with van der Waals surface area (Å²) in [4.78, 5) is 20.8. The minimum atomic E-state index is -3.67. The fourth-order valence-corrected chi connectivity index (χ4v) is 3.95. The zero-order valence-corrected chi connectivity index (χ0v) is 27.3. The topological polar surface area (TPSA) is 240 Å². The molecule has 0 unspecified atom stereocenters. The Morgan fingerprint density at radius 2 is 1.35 bits per heavy atom. The third-order valence-electron chi connectivity index (χ3n) is 5.42. The molecule has 1 saturated heterocycles. The summed E-state index contributed by atoms with van der Waals surface area (Å²) in [5.74, 6) is -0.331. The van der Waals surface area contributed by atoms with Crippen LogP contribution in [-0.2, 0) is 36.9 Å². The van der Waals surface area contributed by atoms with E-state index in [1.807, 2.05) is 16.8 Å². The van der Waals surface area contributed by atoms with Crippen LogP contribution in [0.15, 0.2) is 29.1 Å². The molecule has 1 aliphatic heterocycles. The molecule has 2 aromatic heterocycles. The Bertz CT molecular complexity index is 1670. The Labute approximate surface area is 255 Å². The second kappa shape index (κ2) is 15.9. The highest BCUT2D eigenvalue weighted by molar-refractivity contribution is 7.85. The maximum atomic E-state index is 12.8. The highest BCUT2D eigenvalue weighted by Gasteiger charge is 2.21. The number of hydrogen-bond donors (Lipinski definition) is 5. The van der Waals surface area contributed by atoms with Gasteiger partial charge in [0.25, 0.3) is 30.4 Å². The van der Waals surface area contributed by atoms with Gasteiger partial charge in [-0.2, -0.15) is 30.4 Å². The molecule has 16 nitrogen and oxygen atoms in total. The average Bonchev–Trinajstić information content (AvgIpc) is 3.13. The number of nitrogens with zero attached hydrogens (tertiary/aromatic N) is 4. The highest BCUT2D eigenvalue weighted by Crippen LogP contribution is 2.32. The van der Waals surface area contributed by atoms with Gasteiger partial charge in [-0.05, 0) is 20.0 Å². The average molecular weight is 690 g/mol. The first kappa shape index (κ1) is 38.4. The smallest absolute Gasteiger partial charge is 0.261 e. The van der Waals surface area contributed by atoms with E-state index in [2.05, 4.69) is 26.9 Å². The number of aromatic hydroxyl groups is 1. The summed E-state index contributed by atoms with van der Waals surface area (Å²) in [6, 6.07) is 7.13. The quantitative estimate of drug-likeness (QED) is 0.238. The Balaban J connectivity index is 0.000000512. The van der Waals surface area contributed by atoms with Gasteiger partial charge in [-0.25, -0.2) is 4.68 Å². The van der Waals surface area contributed by atoms with Crippen molar-refractivity contribution < 1.29 is 44.0 Å². The number of aryl methyl sites for hydroxylation is 1. The normalized spacial score (nSPS) is 14.5. The maximum absolute atomic E-state index is 12.8. The molecular formula is C23H36ClN5O11S3. The van der Waals surface area contributed by atoms with Crippen LogP contribution in [-0.4, -0.2) is 127 Å². The van der Waals surface area contributed by atoms with Crippen molar-refractivity contribution in [1.29, 1.82) is 0 Å². The van der Waals surface area contributed by atoms with E-state index in [-0.39, 0.29) is 5.75 Å². The number of rotatable bonds is 4. The Morgan fingerprint density at radius 1 is 0.884 bits per heavy atom. The molecule has 3 heterocycles. The Morgan fingerprint density at radius 3 is 1.81 bits per heavy atom. The van der Waals surface area contributed by atoms with Gasteiger partial charge in [0.1, 0.15) is 5.65 Å². The molecule has 0 amide bonds. The molecule has 1 aromatic carbocycles. The van der Waals surface area contributed by atoms with E-state index in [0.29, 0.717) is 58.3 Å². The minimum Gasteiger partial charge on any atom is -0.503 e. The SMILES string of the molecule is CS(=O)(=O)O.CS(=O)(=O)O.CS(=O)(=O)O.Cc1nn(CCN2CCN(C)CC2)c2[nH]c(-c3ccccc3Cl)c(O)c(=O)c12. The number of H-pyrrole nitrogens is 1. The Kier molecular flexibility index (Phi) is 14.2. The number of halogens is 1. The summed E-state index contributed by atoms with van der Waals surface area (Å²) < 4.78 is 79.4. The lowest BCUT2D eigenvalue weighted by atomic mass is 10.1. The predicted molar refractivity (Wildman–Crippen MR) is 164 cm³/mol. The van der Waals surface area contributed by atoms with Crippen LogP contribution < -0.4 is 5.43 Å². The van der Waals surface area contributed by atoms with E-state index < -0.39 is 35.8 Å². The first-order chi connectivity index (χ1) is 19.5. The molecule has 244 valence electrons. The highest BCUT2D eigenvalue weighted by atomic mass is 35.5. The zero-order chi connectivity index (χ0) is 33.3. The molecule has 43 heavy (non-hydrogen) atoms. The lowest BCUT2D eigenvalue weighted by Crippen LogP contribution is -2.45. The fourth-order valence-electron chi connectivity index (χ4n) is 3.72. The van der Waals surface area contributed by atoms with Crippen LogP contribution in [0.3, 0.4) is 0 Å². The minimum absolute atomic E-state index is 0.323. The van der Waals surface area contributed by atoms with Crippen LogP contribution in [0.2, 0.25) is 5.02 Å². The molecule has 1 fully saturated rings. The van der Waals surface area contributed by atoms with Gasteiger partial charge >= 0.3 is 0 Å². The third-order valence-corrected chi connectivity index (χ3v) is 5.75. The van der Waals surface area contributed by atoms with Crippen molar-refractivity contribution in [1.82, 2.24) is 24.6 Å². The van der Waals surface area contributed by atoms with Gasteiger partial charge < -0.3 is 15.0 Å².